The molecule has 0 spiro atoms. The molecule has 1 unspecified atom stereocenters. The van der Waals surface area contributed by atoms with Gasteiger partial charge in [0.1, 0.15) is 6.04 Å². The Hall–Kier alpha value is -1.95. The van der Waals surface area contributed by atoms with Gasteiger partial charge in [0.25, 0.3) is 5.91 Å². The summed E-state index contributed by atoms with van der Waals surface area (Å²) in [5, 5.41) is 9.57. The van der Waals surface area contributed by atoms with Crippen molar-refractivity contribution in [3.05, 3.63) is 22.7 Å². The molecule has 0 bridgehead atoms. The molecule has 0 aromatic heterocycles. The monoisotopic (exact) mass is 369 g/mol. The zero-order chi connectivity index (χ0) is 18.6. The zero-order valence-electron chi connectivity index (χ0n) is 14.8. The molecular weight excluding hydrogens is 346 g/mol. The molecule has 0 radical (unpaired) electrons. The largest absolute Gasteiger partial charge is 0.490 e. The van der Waals surface area contributed by atoms with Crippen molar-refractivity contribution in [2.75, 3.05) is 13.2 Å². The third kappa shape index (κ3) is 4.57. The first-order valence-electron chi connectivity index (χ1n) is 8.55. The average molecular weight is 370 g/mol. The van der Waals surface area contributed by atoms with Crippen molar-refractivity contribution in [3.8, 4) is 11.5 Å². The lowest BCUT2D eigenvalue weighted by Gasteiger charge is -2.27. The van der Waals surface area contributed by atoms with Crippen molar-refractivity contribution in [3.63, 3.8) is 0 Å². The van der Waals surface area contributed by atoms with Gasteiger partial charge in [0.15, 0.2) is 11.5 Å². The highest BCUT2D eigenvalue weighted by molar-refractivity contribution is 6.32. The van der Waals surface area contributed by atoms with Crippen LogP contribution in [0.2, 0.25) is 5.02 Å². The van der Waals surface area contributed by atoms with Gasteiger partial charge in [0.05, 0.1) is 18.2 Å². The maximum atomic E-state index is 12.9. The van der Waals surface area contributed by atoms with Crippen LogP contribution in [0.4, 0.5) is 0 Å². The van der Waals surface area contributed by atoms with E-state index in [0.29, 0.717) is 30.3 Å². The first kappa shape index (κ1) is 19.4. The molecule has 1 N–H and O–H groups in total. The Morgan fingerprint density at radius 2 is 2.00 bits per heavy atom. The SMILES string of the molecule is CCCOc1c(Cl)cc(C(=O)N(C2CC2)C(C)C(=O)O)cc1OCC. The fraction of sp³-hybridized carbons (Fsp3) is 0.556. The number of amides is 1. The minimum absolute atomic E-state index is 0.0380. The van der Waals surface area contributed by atoms with Crippen LogP contribution in [0.25, 0.3) is 0 Å². The number of rotatable bonds is 9. The van der Waals surface area contributed by atoms with E-state index in [1.165, 1.54) is 17.9 Å². The van der Waals surface area contributed by atoms with Gasteiger partial charge in [-0.1, -0.05) is 18.5 Å². The van der Waals surface area contributed by atoms with E-state index < -0.39 is 12.0 Å². The quantitative estimate of drug-likeness (QED) is 0.719. The number of hydrogen-bond donors (Lipinski definition) is 1. The Morgan fingerprint density at radius 1 is 1.32 bits per heavy atom. The summed E-state index contributed by atoms with van der Waals surface area (Å²) in [5.74, 6) is -0.585. The second kappa shape index (κ2) is 8.43. The van der Waals surface area contributed by atoms with Crippen molar-refractivity contribution >= 4 is 23.5 Å². The van der Waals surface area contributed by atoms with Crippen LogP contribution in [0.1, 0.15) is 50.4 Å². The van der Waals surface area contributed by atoms with E-state index in [-0.39, 0.29) is 17.0 Å². The van der Waals surface area contributed by atoms with Crippen molar-refractivity contribution < 1.29 is 24.2 Å². The molecule has 1 amide bonds. The summed E-state index contributed by atoms with van der Waals surface area (Å²) in [7, 11) is 0. The smallest absolute Gasteiger partial charge is 0.326 e. The van der Waals surface area contributed by atoms with Crippen LogP contribution in [0.15, 0.2) is 12.1 Å². The standard InChI is InChI=1S/C18H24ClNO5/c1-4-8-25-16-14(19)9-12(10-15(16)24-5-2)17(21)20(13-6-7-13)11(3)18(22)23/h9-11,13H,4-8H2,1-3H3,(H,22,23). The van der Waals surface area contributed by atoms with E-state index in [1.807, 2.05) is 13.8 Å². The summed E-state index contributed by atoms with van der Waals surface area (Å²) in [6, 6.07) is 2.16. The Labute approximate surface area is 152 Å². The lowest BCUT2D eigenvalue weighted by atomic mass is 10.1. The van der Waals surface area contributed by atoms with Gasteiger partial charge in [-0.3, -0.25) is 4.79 Å². The molecule has 0 saturated heterocycles. The van der Waals surface area contributed by atoms with Gasteiger partial charge >= 0.3 is 5.97 Å². The maximum Gasteiger partial charge on any atom is 0.326 e. The molecule has 1 aliphatic rings. The Balaban J connectivity index is 2.36. The van der Waals surface area contributed by atoms with E-state index in [4.69, 9.17) is 21.1 Å². The number of hydrogen-bond acceptors (Lipinski definition) is 4. The van der Waals surface area contributed by atoms with Crippen LogP contribution in [0, 0.1) is 0 Å². The highest BCUT2D eigenvalue weighted by Gasteiger charge is 2.39. The fourth-order valence-corrected chi connectivity index (χ4v) is 2.84. The summed E-state index contributed by atoms with van der Waals surface area (Å²) >= 11 is 6.30. The first-order chi connectivity index (χ1) is 11.9. The van der Waals surface area contributed by atoms with E-state index in [9.17, 15) is 14.7 Å². The van der Waals surface area contributed by atoms with E-state index in [1.54, 1.807) is 6.07 Å². The van der Waals surface area contributed by atoms with E-state index in [2.05, 4.69) is 0 Å². The van der Waals surface area contributed by atoms with Crippen LogP contribution in [-0.4, -0.2) is 47.2 Å². The summed E-state index contributed by atoms with van der Waals surface area (Å²) in [6.45, 7) is 6.20. The summed E-state index contributed by atoms with van der Waals surface area (Å²) in [6.07, 6.45) is 2.44. The second-order valence-electron chi connectivity index (χ2n) is 6.02. The predicted molar refractivity (Wildman–Crippen MR) is 94.7 cm³/mol. The van der Waals surface area contributed by atoms with E-state index in [0.717, 1.165) is 19.3 Å². The summed E-state index contributed by atoms with van der Waals surface area (Å²) in [4.78, 5) is 25.7. The predicted octanol–water partition coefficient (Wildman–Crippen LogP) is 3.61. The third-order valence-corrected chi connectivity index (χ3v) is 4.24. The van der Waals surface area contributed by atoms with Gasteiger partial charge in [0.2, 0.25) is 0 Å². The fourth-order valence-electron chi connectivity index (χ4n) is 2.58. The molecular formula is C18H24ClNO5. The summed E-state index contributed by atoms with van der Waals surface area (Å²) < 4.78 is 11.2. The van der Waals surface area contributed by atoms with Crippen molar-refractivity contribution in [1.82, 2.24) is 4.90 Å². The molecule has 1 aromatic carbocycles. The molecule has 2 rings (SSSR count). The van der Waals surface area contributed by atoms with Crippen molar-refractivity contribution in [2.45, 2.75) is 52.1 Å². The van der Waals surface area contributed by atoms with Crippen LogP contribution < -0.4 is 9.47 Å². The molecule has 138 valence electrons. The van der Waals surface area contributed by atoms with E-state index >= 15 is 0 Å². The molecule has 0 aliphatic heterocycles. The number of carbonyl (C=O) groups excluding carboxylic acids is 1. The number of benzene rings is 1. The van der Waals surface area contributed by atoms with Crippen molar-refractivity contribution in [1.29, 1.82) is 0 Å². The van der Waals surface area contributed by atoms with Gasteiger partial charge in [0, 0.05) is 11.6 Å². The van der Waals surface area contributed by atoms with Gasteiger partial charge in [-0.05, 0) is 45.2 Å². The number of carbonyl (C=O) groups is 2. The zero-order valence-corrected chi connectivity index (χ0v) is 15.5. The number of carboxylic acids is 1. The highest BCUT2D eigenvalue weighted by atomic mass is 35.5. The minimum Gasteiger partial charge on any atom is -0.490 e. The van der Waals surface area contributed by atoms with Crippen LogP contribution >= 0.6 is 11.6 Å². The Kier molecular flexibility index (Phi) is 6.53. The molecule has 1 atom stereocenters. The molecule has 25 heavy (non-hydrogen) atoms. The third-order valence-electron chi connectivity index (χ3n) is 3.96. The van der Waals surface area contributed by atoms with Crippen LogP contribution in [0.3, 0.4) is 0 Å². The molecule has 1 saturated carbocycles. The van der Waals surface area contributed by atoms with Gasteiger partial charge in [-0.15, -0.1) is 0 Å². The molecule has 0 heterocycles. The Morgan fingerprint density at radius 3 is 2.52 bits per heavy atom. The minimum atomic E-state index is -1.03. The molecule has 1 aromatic rings. The van der Waals surface area contributed by atoms with Gasteiger partial charge < -0.3 is 19.5 Å². The summed E-state index contributed by atoms with van der Waals surface area (Å²) in [5.41, 5.74) is 0.303. The van der Waals surface area contributed by atoms with Crippen molar-refractivity contribution in [2.24, 2.45) is 0 Å². The normalized spacial score (nSPS) is 14.7. The second-order valence-corrected chi connectivity index (χ2v) is 6.43. The lowest BCUT2D eigenvalue weighted by Crippen LogP contribution is -2.44. The molecule has 7 heteroatoms. The van der Waals surface area contributed by atoms with Crippen LogP contribution in [-0.2, 0) is 4.79 Å². The highest BCUT2D eigenvalue weighted by Crippen LogP contribution is 2.38. The number of carboxylic acid groups (broad SMARTS) is 1. The molecule has 1 fully saturated rings. The average Bonchev–Trinajstić information content (AvgIpc) is 3.39. The first-order valence-corrected chi connectivity index (χ1v) is 8.93. The van der Waals surface area contributed by atoms with Gasteiger partial charge in [-0.25, -0.2) is 4.79 Å². The number of ether oxygens (including phenoxy) is 2. The van der Waals surface area contributed by atoms with Gasteiger partial charge in [-0.2, -0.15) is 0 Å². The number of nitrogens with zero attached hydrogens (tertiary/aromatic N) is 1. The topological polar surface area (TPSA) is 76.1 Å². The lowest BCUT2D eigenvalue weighted by molar-refractivity contribution is -0.141. The maximum absolute atomic E-state index is 12.9. The van der Waals surface area contributed by atoms with Crippen LogP contribution in [0.5, 0.6) is 11.5 Å². The molecule has 6 nitrogen and oxygen atoms in total. The Bertz CT molecular complexity index is 645. The number of aliphatic carboxylic acids is 1. The number of halogens is 1. The molecule has 1 aliphatic carbocycles.